The number of esters is 1. The molecule has 3 nitrogen and oxygen atoms in total. The number of methoxy groups -OCH3 is 1. The van der Waals surface area contributed by atoms with Gasteiger partial charge in [-0.25, -0.2) is 4.79 Å². The summed E-state index contributed by atoms with van der Waals surface area (Å²) >= 11 is 0. The van der Waals surface area contributed by atoms with Crippen LogP contribution in [0.15, 0.2) is 24.3 Å². The van der Waals surface area contributed by atoms with Crippen molar-refractivity contribution in [3.05, 3.63) is 35.4 Å². The van der Waals surface area contributed by atoms with Gasteiger partial charge in [0.2, 0.25) is 0 Å². The number of hydrogen-bond acceptors (Lipinski definition) is 3. The Morgan fingerprint density at radius 2 is 1.61 bits per heavy atom. The molecule has 0 saturated carbocycles. The third-order valence-electron chi connectivity index (χ3n) is 4.24. The highest BCUT2D eigenvalue weighted by molar-refractivity contribution is 5.89. The Bertz CT molecular complexity index is 476. The second kappa shape index (κ2) is 11.0. The summed E-state index contributed by atoms with van der Waals surface area (Å²) in [6.07, 6.45) is 8.52. The van der Waals surface area contributed by atoms with Crippen LogP contribution in [0.25, 0.3) is 0 Å². The first-order valence-electron chi connectivity index (χ1n) is 8.78. The molecule has 0 aliphatic heterocycles. The molecule has 0 radical (unpaired) electrons. The molecule has 1 aromatic carbocycles. The fraction of sp³-hybridized carbons (Fsp3) is 0.600. The van der Waals surface area contributed by atoms with Crippen molar-refractivity contribution >= 4 is 11.8 Å². The normalized spacial score (nSPS) is 12.0. The Balaban J connectivity index is 2.33. The van der Waals surface area contributed by atoms with E-state index in [2.05, 4.69) is 18.6 Å². The summed E-state index contributed by atoms with van der Waals surface area (Å²) in [6, 6.07) is 7.34. The van der Waals surface area contributed by atoms with Crippen molar-refractivity contribution in [2.75, 3.05) is 7.11 Å². The van der Waals surface area contributed by atoms with Crippen LogP contribution in [0.3, 0.4) is 0 Å². The first kappa shape index (κ1) is 19.4. The van der Waals surface area contributed by atoms with Crippen LogP contribution in [0, 0.1) is 0 Å². The molecule has 0 N–H and O–H groups in total. The Labute approximate surface area is 140 Å². The molecule has 1 rings (SSSR count). The van der Waals surface area contributed by atoms with Crippen molar-refractivity contribution < 1.29 is 14.3 Å². The monoisotopic (exact) mass is 318 g/mol. The maximum atomic E-state index is 12.1. The van der Waals surface area contributed by atoms with Crippen LogP contribution in [0.4, 0.5) is 0 Å². The van der Waals surface area contributed by atoms with Gasteiger partial charge in [0, 0.05) is 12.8 Å². The molecule has 0 heterocycles. The third-order valence-corrected chi connectivity index (χ3v) is 4.24. The highest BCUT2D eigenvalue weighted by atomic mass is 16.5. The zero-order chi connectivity index (χ0) is 17.1. The zero-order valence-electron chi connectivity index (χ0n) is 14.8. The van der Waals surface area contributed by atoms with E-state index in [4.69, 9.17) is 0 Å². The van der Waals surface area contributed by atoms with Gasteiger partial charge in [0.15, 0.2) is 0 Å². The fourth-order valence-electron chi connectivity index (χ4n) is 2.73. The van der Waals surface area contributed by atoms with Crippen molar-refractivity contribution in [2.24, 2.45) is 0 Å². The number of ketones is 1. The standard InChI is InChI=1S/C20H30O3/c1-4-5-6-7-8-9-10-19(21)15-16(2)17-11-13-18(14-12-17)20(22)23-3/h11-14,16H,4-10,15H2,1-3H3/t16-/m0/s1. The molecule has 1 aromatic rings. The Morgan fingerprint density at radius 3 is 2.22 bits per heavy atom. The molecule has 0 saturated heterocycles. The summed E-state index contributed by atoms with van der Waals surface area (Å²) in [4.78, 5) is 23.5. The van der Waals surface area contributed by atoms with Crippen LogP contribution in [0.5, 0.6) is 0 Å². The van der Waals surface area contributed by atoms with E-state index < -0.39 is 0 Å². The van der Waals surface area contributed by atoms with Crippen LogP contribution < -0.4 is 0 Å². The van der Waals surface area contributed by atoms with Gasteiger partial charge in [0.05, 0.1) is 12.7 Å². The van der Waals surface area contributed by atoms with E-state index in [1.165, 1.54) is 32.8 Å². The molecule has 0 fully saturated rings. The molecule has 0 unspecified atom stereocenters. The molecular weight excluding hydrogens is 288 g/mol. The zero-order valence-corrected chi connectivity index (χ0v) is 14.8. The van der Waals surface area contributed by atoms with Crippen molar-refractivity contribution in [2.45, 2.75) is 71.1 Å². The van der Waals surface area contributed by atoms with Gasteiger partial charge < -0.3 is 4.74 Å². The van der Waals surface area contributed by atoms with E-state index in [-0.39, 0.29) is 11.9 Å². The smallest absolute Gasteiger partial charge is 0.337 e. The molecule has 1 atom stereocenters. The largest absolute Gasteiger partial charge is 0.465 e. The molecule has 3 heteroatoms. The van der Waals surface area contributed by atoms with Crippen molar-refractivity contribution in [3.8, 4) is 0 Å². The van der Waals surface area contributed by atoms with Crippen molar-refractivity contribution in [1.82, 2.24) is 0 Å². The average Bonchev–Trinajstić information content (AvgIpc) is 2.57. The third kappa shape index (κ3) is 7.45. The van der Waals surface area contributed by atoms with Crippen molar-refractivity contribution in [3.63, 3.8) is 0 Å². The topological polar surface area (TPSA) is 43.4 Å². The summed E-state index contributed by atoms with van der Waals surface area (Å²) in [6.45, 7) is 4.27. The van der Waals surface area contributed by atoms with Crippen LogP contribution in [-0.4, -0.2) is 18.9 Å². The summed E-state index contributed by atoms with van der Waals surface area (Å²) < 4.78 is 4.69. The molecule has 0 spiro atoms. The van der Waals surface area contributed by atoms with E-state index in [9.17, 15) is 9.59 Å². The summed E-state index contributed by atoms with van der Waals surface area (Å²) in [7, 11) is 1.37. The molecule has 0 aliphatic carbocycles. The predicted octanol–water partition coefficient (Wildman–Crippen LogP) is 5.29. The van der Waals surface area contributed by atoms with Gasteiger partial charge in [-0.2, -0.15) is 0 Å². The minimum Gasteiger partial charge on any atom is -0.465 e. The van der Waals surface area contributed by atoms with E-state index >= 15 is 0 Å². The number of carbonyl (C=O) groups is 2. The SMILES string of the molecule is CCCCCCCCC(=O)C[C@H](C)c1ccc(C(=O)OC)cc1. The number of hydrogen-bond donors (Lipinski definition) is 0. The van der Waals surface area contributed by atoms with Gasteiger partial charge in [0.1, 0.15) is 5.78 Å². The quantitative estimate of drug-likeness (QED) is 0.411. The summed E-state index contributed by atoms with van der Waals surface area (Å²) in [5, 5.41) is 0. The number of ether oxygens (including phenoxy) is 1. The number of unbranched alkanes of at least 4 members (excludes halogenated alkanes) is 5. The summed E-state index contributed by atoms with van der Waals surface area (Å²) in [5.41, 5.74) is 1.64. The highest BCUT2D eigenvalue weighted by Gasteiger charge is 2.12. The molecule has 0 aromatic heterocycles. The number of Topliss-reactive ketones (excluding diaryl/α,β-unsaturated/α-hetero) is 1. The first-order valence-corrected chi connectivity index (χ1v) is 8.78. The molecule has 0 bridgehead atoms. The lowest BCUT2D eigenvalue weighted by Gasteiger charge is -2.11. The molecule has 0 aliphatic rings. The molecule has 128 valence electrons. The van der Waals surface area contributed by atoms with Crippen LogP contribution in [0.1, 0.15) is 87.1 Å². The maximum Gasteiger partial charge on any atom is 0.337 e. The predicted molar refractivity (Wildman–Crippen MR) is 93.8 cm³/mol. The van der Waals surface area contributed by atoms with Gasteiger partial charge in [-0.3, -0.25) is 4.79 Å². The lowest BCUT2D eigenvalue weighted by atomic mass is 9.93. The molecule has 0 amide bonds. The number of carbonyl (C=O) groups excluding carboxylic acids is 2. The molecule has 23 heavy (non-hydrogen) atoms. The van der Waals surface area contributed by atoms with Gasteiger partial charge in [0.25, 0.3) is 0 Å². The highest BCUT2D eigenvalue weighted by Crippen LogP contribution is 2.21. The van der Waals surface area contributed by atoms with E-state index in [0.717, 1.165) is 18.4 Å². The van der Waals surface area contributed by atoms with Gasteiger partial charge in [-0.1, -0.05) is 58.1 Å². The lowest BCUT2D eigenvalue weighted by molar-refractivity contribution is -0.119. The Morgan fingerprint density at radius 1 is 1.00 bits per heavy atom. The number of rotatable bonds is 11. The maximum absolute atomic E-state index is 12.1. The van der Waals surface area contributed by atoms with Gasteiger partial charge in [-0.15, -0.1) is 0 Å². The van der Waals surface area contributed by atoms with E-state index in [1.54, 1.807) is 12.1 Å². The average molecular weight is 318 g/mol. The van der Waals surface area contributed by atoms with Crippen LogP contribution in [-0.2, 0) is 9.53 Å². The number of benzene rings is 1. The van der Waals surface area contributed by atoms with Gasteiger partial charge >= 0.3 is 5.97 Å². The first-order chi connectivity index (χ1) is 11.1. The van der Waals surface area contributed by atoms with E-state index in [0.29, 0.717) is 24.2 Å². The molecular formula is C20H30O3. The van der Waals surface area contributed by atoms with Gasteiger partial charge in [-0.05, 0) is 30.0 Å². The van der Waals surface area contributed by atoms with Crippen molar-refractivity contribution in [1.29, 1.82) is 0 Å². The minimum absolute atomic E-state index is 0.189. The second-order valence-corrected chi connectivity index (χ2v) is 6.28. The van der Waals surface area contributed by atoms with Crippen LogP contribution >= 0.6 is 0 Å². The Kier molecular flexibility index (Phi) is 9.27. The Hall–Kier alpha value is -1.64. The minimum atomic E-state index is -0.330. The fourth-order valence-corrected chi connectivity index (χ4v) is 2.73. The summed E-state index contributed by atoms with van der Waals surface area (Å²) in [5.74, 6) is 0.197. The van der Waals surface area contributed by atoms with Crippen LogP contribution in [0.2, 0.25) is 0 Å². The lowest BCUT2D eigenvalue weighted by Crippen LogP contribution is -2.05. The second-order valence-electron chi connectivity index (χ2n) is 6.28. The van der Waals surface area contributed by atoms with E-state index in [1.807, 2.05) is 12.1 Å².